The maximum absolute atomic E-state index is 9.83. The molecule has 0 spiro atoms. The van der Waals surface area contributed by atoms with Gasteiger partial charge in [0, 0.05) is 35.6 Å². The molecule has 5 nitrogen and oxygen atoms in total. The van der Waals surface area contributed by atoms with Crippen LogP contribution in [0.5, 0.6) is 0 Å². The molecule has 0 aromatic heterocycles. The Morgan fingerprint density at radius 3 is 1.52 bits per heavy atom. The molecule has 0 amide bonds. The highest BCUT2D eigenvalue weighted by Gasteiger charge is 1.95. The van der Waals surface area contributed by atoms with E-state index in [0.29, 0.717) is 13.1 Å². The summed E-state index contributed by atoms with van der Waals surface area (Å²) in [5.41, 5.74) is 0. The van der Waals surface area contributed by atoms with Gasteiger partial charge in [-0.1, -0.05) is 25.7 Å². The van der Waals surface area contributed by atoms with Crippen molar-refractivity contribution < 1.29 is 13.2 Å². The van der Waals surface area contributed by atoms with Crippen molar-refractivity contribution in [3.63, 3.8) is 0 Å². The van der Waals surface area contributed by atoms with Crippen LogP contribution >= 0.6 is 24.1 Å². The lowest BCUT2D eigenvalue weighted by Crippen LogP contribution is -1.86. The molecule has 0 aliphatic rings. The van der Waals surface area contributed by atoms with Gasteiger partial charge in [0.05, 0.1) is 13.1 Å². The summed E-state index contributed by atoms with van der Waals surface area (Å²) in [7, 11) is 0. The maximum Gasteiger partial charge on any atom is 0.234 e. The molecule has 7 heteroatoms. The molecule has 0 unspecified atom stereocenters. The highest BCUT2D eigenvalue weighted by atomic mass is 32.2. The molecule has 21 heavy (non-hydrogen) atoms. The zero-order chi connectivity index (χ0) is 15.4. The number of isocyanates is 2. The molecule has 0 saturated carbocycles. The van der Waals surface area contributed by atoms with Gasteiger partial charge in [-0.15, -0.1) is 0 Å². The van der Waals surface area contributed by atoms with E-state index in [1.54, 1.807) is 12.2 Å². The van der Waals surface area contributed by atoms with Gasteiger partial charge in [0.25, 0.3) is 0 Å². The van der Waals surface area contributed by atoms with Gasteiger partial charge in [0.1, 0.15) is 0 Å². The van der Waals surface area contributed by atoms with Crippen LogP contribution in [-0.2, 0) is 13.2 Å². The highest BCUT2D eigenvalue weighted by Crippen LogP contribution is 2.18. The van der Waals surface area contributed by atoms with Gasteiger partial charge < -0.3 is 0 Å². The van der Waals surface area contributed by atoms with E-state index in [0.717, 1.165) is 62.9 Å². The summed E-state index contributed by atoms with van der Waals surface area (Å²) in [4.78, 5) is 26.7. The summed E-state index contributed by atoms with van der Waals surface area (Å²) in [5.74, 6) is 2.02. The minimum absolute atomic E-state index is 0.602. The largest absolute Gasteiger partial charge is 0.247 e. The second-order valence-electron chi connectivity index (χ2n) is 4.49. The Balaban J connectivity index is 2.99. The fourth-order valence-corrected chi connectivity index (χ4v) is 3.06. The molecule has 0 heterocycles. The molecule has 0 aliphatic heterocycles. The topological polar surface area (TPSA) is 68.1 Å². The Bertz CT molecular complexity index is 287. The van der Waals surface area contributed by atoms with E-state index in [1.807, 2.05) is 0 Å². The third-order valence-electron chi connectivity index (χ3n) is 2.72. The number of unbranched alkanes of at least 4 members (excludes halogenated alkanes) is 6. The molecule has 0 aliphatic carbocycles. The number of rotatable bonds is 16. The van der Waals surface area contributed by atoms with Crippen LogP contribution in [0.15, 0.2) is 9.98 Å². The van der Waals surface area contributed by atoms with E-state index >= 15 is 0 Å². The molecule has 0 saturated heterocycles. The van der Waals surface area contributed by atoms with Crippen LogP contribution in [0.25, 0.3) is 0 Å². The van der Waals surface area contributed by atoms with E-state index in [1.165, 1.54) is 24.1 Å². The second kappa shape index (κ2) is 19.4. The van der Waals surface area contributed by atoms with Crippen molar-refractivity contribution in [3.8, 4) is 0 Å². The summed E-state index contributed by atoms with van der Waals surface area (Å²) >= 11 is 3.03. The van der Waals surface area contributed by atoms with Crippen molar-refractivity contribution in [3.05, 3.63) is 0 Å². The van der Waals surface area contributed by atoms with Crippen molar-refractivity contribution in [2.75, 3.05) is 24.6 Å². The van der Waals surface area contributed by atoms with Crippen LogP contribution in [0, 0.1) is 0 Å². The molecule has 0 rings (SSSR count). The van der Waals surface area contributed by atoms with Crippen molar-refractivity contribution in [1.82, 2.24) is 0 Å². The van der Waals surface area contributed by atoms with Crippen molar-refractivity contribution in [2.24, 2.45) is 9.98 Å². The smallest absolute Gasteiger partial charge is 0.234 e. The first-order valence-corrected chi connectivity index (χ1v) is 9.22. The number of aliphatic imine (C=N–C) groups is 2. The van der Waals surface area contributed by atoms with Crippen molar-refractivity contribution in [2.45, 2.75) is 51.4 Å². The Hall–Kier alpha value is -0.580. The summed E-state index contributed by atoms with van der Waals surface area (Å²) in [6, 6.07) is 0. The molecule has 0 bridgehead atoms. The van der Waals surface area contributed by atoms with Gasteiger partial charge in [-0.05, 0) is 25.7 Å². The average Bonchev–Trinajstić information content (AvgIpc) is 2.50. The van der Waals surface area contributed by atoms with Gasteiger partial charge in [-0.25, -0.2) is 23.2 Å². The minimum atomic E-state index is 0.602. The summed E-state index contributed by atoms with van der Waals surface area (Å²) in [6.45, 7) is 1.20. The molecular weight excluding hydrogens is 308 g/mol. The third-order valence-corrected chi connectivity index (χ3v) is 4.40. The summed E-state index contributed by atoms with van der Waals surface area (Å²) in [5, 5.41) is 0. The molecule has 0 aromatic rings. The predicted molar refractivity (Wildman–Crippen MR) is 88.9 cm³/mol. The fraction of sp³-hybridized carbons (Fsp3) is 0.857. The van der Waals surface area contributed by atoms with E-state index < -0.39 is 0 Å². The van der Waals surface area contributed by atoms with E-state index in [-0.39, 0.29) is 0 Å². The Kier molecular flexibility index (Phi) is 18.9. The fourth-order valence-electron chi connectivity index (χ4n) is 1.60. The molecular formula is C14H24N2O3S2. The highest BCUT2D eigenvalue weighted by molar-refractivity contribution is 8.07. The maximum atomic E-state index is 9.83. The first kappa shape index (κ1) is 20.4. The quantitative estimate of drug-likeness (QED) is 0.184. The lowest BCUT2D eigenvalue weighted by atomic mass is 10.2. The molecule has 0 N–H and O–H groups in total. The van der Waals surface area contributed by atoms with Crippen LogP contribution < -0.4 is 0 Å². The zero-order valence-corrected chi connectivity index (χ0v) is 14.1. The Morgan fingerprint density at radius 2 is 1.10 bits per heavy atom. The van der Waals surface area contributed by atoms with Gasteiger partial charge in [0.15, 0.2) is 0 Å². The van der Waals surface area contributed by atoms with Crippen LogP contribution in [0.1, 0.15) is 51.4 Å². The van der Waals surface area contributed by atoms with Crippen LogP contribution in [-0.4, -0.2) is 36.8 Å². The van der Waals surface area contributed by atoms with Gasteiger partial charge in [-0.2, -0.15) is 0 Å². The molecule has 0 radical (unpaired) electrons. The van der Waals surface area contributed by atoms with Crippen LogP contribution in [0.3, 0.4) is 0 Å². The lowest BCUT2D eigenvalue weighted by Gasteiger charge is -2.02. The average molecular weight is 332 g/mol. The van der Waals surface area contributed by atoms with Crippen LogP contribution in [0.4, 0.5) is 0 Å². The van der Waals surface area contributed by atoms with E-state index in [9.17, 15) is 9.59 Å². The van der Waals surface area contributed by atoms with Crippen molar-refractivity contribution in [1.29, 1.82) is 0 Å². The first-order chi connectivity index (χ1) is 10.4. The van der Waals surface area contributed by atoms with Gasteiger partial charge >= 0.3 is 0 Å². The SMILES string of the molecule is O=C=NCCCCCCSOSCCCCCCN=C=O. The molecule has 0 aromatic carbocycles. The lowest BCUT2D eigenvalue weighted by molar-refractivity contribution is 0.560. The monoisotopic (exact) mass is 332 g/mol. The van der Waals surface area contributed by atoms with Gasteiger partial charge in [-0.3, -0.25) is 0 Å². The minimum Gasteiger partial charge on any atom is -0.247 e. The molecule has 120 valence electrons. The van der Waals surface area contributed by atoms with Crippen LogP contribution in [0.2, 0.25) is 0 Å². The Morgan fingerprint density at radius 1 is 0.667 bits per heavy atom. The number of hydrogen-bond donors (Lipinski definition) is 0. The molecule has 0 fully saturated rings. The van der Waals surface area contributed by atoms with E-state index in [2.05, 4.69) is 9.98 Å². The van der Waals surface area contributed by atoms with E-state index in [4.69, 9.17) is 3.63 Å². The summed E-state index contributed by atoms with van der Waals surface area (Å²) < 4.78 is 5.42. The first-order valence-electron chi connectivity index (χ1n) is 7.40. The third kappa shape index (κ3) is 19.4. The standard InChI is InChI=1S/C14H24N2O3S2/c17-13-15-9-5-1-3-7-11-20-19-21-12-8-4-2-6-10-16-14-18/h1-12H2. The van der Waals surface area contributed by atoms with Gasteiger partial charge in [0.2, 0.25) is 12.2 Å². The number of carbonyl (C=O) groups excluding carboxylic acids is 2. The second-order valence-corrected chi connectivity index (χ2v) is 6.32. The molecule has 0 atom stereocenters. The zero-order valence-electron chi connectivity index (χ0n) is 12.4. The van der Waals surface area contributed by atoms with Crippen molar-refractivity contribution >= 4 is 36.2 Å². The summed E-state index contributed by atoms with van der Waals surface area (Å²) in [6.07, 6.45) is 11.8. The predicted octanol–water partition coefficient (Wildman–Crippen LogP) is 4.09. The Labute approximate surface area is 135 Å². The normalized spacial score (nSPS) is 9.90. The number of nitrogens with zero attached hydrogens (tertiary/aromatic N) is 2. The number of hydrogen-bond acceptors (Lipinski definition) is 7.